The van der Waals surface area contributed by atoms with Gasteiger partial charge in [-0.3, -0.25) is 14.4 Å². The van der Waals surface area contributed by atoms with Gasteiger partial charge in [0.05, 0.1) is 17.7 Å². The number of hydrogen-bond acceptors (Lipinski definition) is 4. The summed E-state index contributed by atoms with van der Waals surface area (Å²) in [6, 6.07) is 11.6. The Morgan fingerprint density at radius 3 is 2.54 bits per heavy atom. The van der Waals surface area contributed by atoms with Crippen molar-refractivity contribution >= 4 is 29.1 Å². The minimum atomic E-state index is -0.970. The zero-order valence-corrected chi connectivity index (χ0v) is 12.6. The van der Waals surface area contributed by atoms with Crippen LogP contribution in [0.1, 0.15) is 16.8 Å². The summed E-state index contributed by atoms with van der Waals surface area (Å²) in [5, 5.41) is 17.0. The molecule has 1 aliphatic rings. The van der Waals surface area contributed by atoms with Gasteiger partial charge in [0, 0.05) is 5.69 Å². The van der Waals surface area contributed by atoms with Crippen LogP contribution in [0.25, 0.3) is 0 Å². The summed E-state index contributed by atoms with van der Waals surface area (Å²) in [6.07, 6.45) is -0.202. The van der Waals surface area contributed by atoms with E-state index in [0.29, 0.717) is 16.9 Å². The fraction of sp³-hybridized carbons (Fsp3) is 0.118. The van der Waals surface area contributed by atoms with Crippen LogP contribution < -0.4 is 16.0 Å². The highest BCUT2D eigenvalue weighted by atomic mass is 16.3. The van der Waals surface area contributed by atoms with E-state index in [2.05, 4.69) is 16.0 Å². The number of nitrogens with one attached hydrogen (secondary N) is 3. The van der Waals surface area contributed by atoms with E-state index in [1.165, 1.54) is 24.3 Å². The Kier molecular flexibility index (Phi) is 4.15. The van der Waals surface area contributed by atoms with Crippen molar-refractivity contribution in [1.82, 2.24) is 5.32 Å². The van der Waals surface area contributed by atoms with Crippen LogP contribution in [-0.2, 0) is 9.59 Å². The van der Waals surface area contributed by atoms with E-state index < -0.39 is 23.8 Å². The monoisotopic (exact) mass is 325 g/mol. The first-order chi connectivity index (χ1) is 11.5. The Bertz CT molecular complexity index is 802. The number of fused-ring (bicyclic) bond motifs is 1. The maximum absolute atomic E-state index is 12.2. The molecule has 1 atom stereocenters. The van der Waals surface area contributed by atoms with E-state index in [-0.39, 0.29) is 12.2 Å². The molecule has 0 aliphatic carbocycles. The summed E-state index contributed by atoms with van der Waals surface area (Å²) in [4.78, 5) is 36.5. The third-order valence-electron chi connectivity index (χ3n) is 3.59. The Labute approximate surface area is 137 Å². The zero-order valence-electron chi connectivity index (χ0n) is 12.6. The highest BCUT2D eigenvalue weighted by Gasteiger charge is 2.29. The van der Waals surface area contributed by atoms with E-state index in [0.717, 1.165) is 0 Å². The summed E-state index contributed by atoms with van der Waals surface area (Å²) in [7, 11) is 0. The average Bonchev–Trinajstić information content (AvgIpc) is 2.67. The number of rotatable bonds is 3. The lowest BCUT2D eigenvalue weighted by molar-refractivity contribution is -0.122. The van der Waals surface area contributed by atoms with E-state index in [1.807, 2.05) is 0 Å². The fourth-order valence-electron chi connectivity index (χ4n) is 2.40. The molecule has 2 aromatic carbocycles. The topological polar surface area (TPSA) is 108 Å². The van der Waals surface area contributed by atoms with Crippen molar-refractivity contribution in [2.75, 3.05) is 10.6 Å². The van der Waals surface area contributed by atoms with Gasteiger partial charge in [-0.15, -0.1) is 0 Å². The van der Waals surface area contributed by atoms with Gasteiger partial charge in [-0.1, -0.05) is 12.1 Å². The van der Waals surface area contributed by atoms with Crippen molar-refractivity contribution in [3.63, 3.8) is 0 Å². The predicted molar refractivity (Wildman–Crippen MR) is 87.7 cm³/mol. The largest absolute Gasteiger partial charge is 0.508 e. The van der Waals surface area contributed by atoms with E-state index in [9.17, 15) is 19.5 Å². The molecule has 7 heteroatoms. The maximum atomic E-state index is 12.2. The van der Waals surface area contributed by atoms with Gasteiger partial charge in [-0.25, -0.2) is 0 Å². The summed E-state index contributed by atoms with van der Waals surface area (Å²) in [5.41, 5.74) is 1.26. The van der Waals surface area contributed by atoms with Crippen LogP contribution in [0.3, 0.4) is 0 Å². The number of para-hydroxylation sites is 1. The predicted octanol–water partition coefficient (Wildman–Crippen LogP) is 1.47. The molecule has 1 aliphatic heterocycles. The number of amides is 3. The molecule has 1 heterocycles. The molecule has 122 valence electrons. The van der Waals surface area contributed by atoms with Crippen LogP contribution >= 0.6 is 0 Å². The molecular weight excluding hydrogens is 310 g/mol. The summed E-state index contributed by atoms with van der Waals surface area (Å²) < 4.78 is 0. The molecule has 0 bridgehead atoms. The molecule has 0 saturated carbocycles. The summed E-state index contributed by atoms with van der Waals surface area (Å²) >= 11 is 0. The molecule has 3 rings (SSSR count). The molecule has 0 aromatic heterocycles. The lowest BCUT2D eigenvalue weighted by atomic mass is 10.1. The minimum absolute atomic E-state index is 0.0844. The normalized spacial score (nSPS) is 16.4. The third-order valence-corrected chi connectivity index (χ3v) is 3.59. The van der Waals surface area contributed by atoms with E-state index in [1.54, 1.807) is 24.3 Å². The molecule has 0 fully saturated rings. The second-order valence-electron chi connectivity index (χ2n) is 5.36. The molecule has 3 amide bonds. The van der Waals surface area contributed by atoms with Crippen LogP contribution in [0.5, 0.6) is 5.75 Å². The van der Waals surface area contributed by atoms with Gasteiger partial charge >= 0.3 is 0 Å². The SMILES string of the molecule is O=C(CC1NC(=O)c2ccccc2NC1=O)Nc1ccc(O)cc1. The molecule has 4 N–H and O–H groups in total. The van der Waals surface area contributed by atoms with Gasteiger partial charge in [0.2, 0.25) is 11.8 Å². The molecule has 2 aromatic rings. The Hall–Kier alpha value is -3.35. The number of carbonyl (C=O) groups excluding carboxylic acids is 3. The highest BCUT2D eigenvalue weighted by molar-refractivity contribution is 6.11. The average molecular weight is 325 g/mol. The second-order valence-corrected chi connectivity index (χ2v) is 5.36. The van der Waals surface area contributed by atoms with E-state index in [4.69, 9.17) is 0 Å². The lowest BCUT2D eigenvalue weighted by Crippen LogP contribution is -2.43. The molecule has 1 unspecified atom stereocenters. The molecule has 0 saturated heterocycles. The smallest absolute Gasteiger partial charge is 0.254 e. The van der Waals surface area contributed by atoms with Gasteiger partial charge in [0.25, 0.3) is 5.91 Å². The van der Waals surface area contributed by atoms with Gasteiger partial charge in [0.15, 0.2) is 0 Å². The Morgan fingerprint density at radius 2 is 1.79 bits per heavy atom. The van der Waals surface area contributed by atoms with Crippen molar-refractivity contribution in [2.24, 2.45) is 0 Å². The van der Waals surface area contributed by atoms with Gasteiger partial charge in [0.1, 0.15) is 11.8 Å². The molecule has 0 radical (unpaired) electrons. The van der Waals surface area contributed by atoms with Crippen molar-refractivity contribution in [1.29, 1.82) is 0 Å². The van der Waals surface area contributed by atoms with Crippen LogP contribution in [0.4, 0.5) is 11.4 Å². The van der Waals surface area contributed by atoms with Crippen molar-refractivity contribution in [3.8, 4) is 5.75 Å². The molecule has 0 spiro atoms. The number of anilines is 2. The standard InChI is InChI=1S/C17H15N3O4/c21-11-7-5-10(6-8-11)18-15(22)9-14-17(24)19-13-4-2-1-3-12(13)16(23)20-14/h1-8,14,21H,9H2,(H,18,22)(H,19,24)(H,20,23). The lowest BCUT2D eigenvalue weighted by Gasteiger charge is -2.14. The first-order valence-electron chi connectivity index (χ1n) is 7.32. The number of aromatic hydroxyl groups is 1. The fourth-order valence-corrected chi connectivity index (χ4v) is 2.40. The molecule has 24 heavy (non-hydrogen) atoms. The number of phenolic OH excluding ortho intramolecular Hbond substituents is 1. The quantitative estimate of drug-likeness (QED) is 0.641. The van der Waals surface area contributed by atoms with Gasteiger partial charge in [-0.2, -0.15) is 0 Å². The number of phenols is 1. The molecule has 7 nitrogen and oxygen atoms in total. The van der Waals surface area contributed by atoms with Crippen LogP contribution in [-0.4, -0.2) is 28.9 Å². The number of carbonyl (C=O) groups is 3. The summed E-state index contributed by atoms with van der Waals surface area (Å²) in [6.45, 7) is 0. The Balaban J connectivity index is 1.69. The maximum Gasteiger partial charge on any atom is 0.254 e. The third kappa shape index (κ3) is 3.35. The van der Waals surface area contributed by atoms with Crippen molar-refractivity contribution in [2.45, 2.75) is 12.5 Å². The summed E-state index contributed by atoms with van der Waals surface area (Å²) in [5.74, 6) is -1.20. The van der Waals surface area contributed by atoms with Crippen LogP contribution in [0, 0.1) is 0 Å². The van der Waals surface area contributed by atoms with Gasteiger partial charge in [-0.05, 0) is 36.4 Å². The minimum Gasteiger partial charge on any atom is -0.508 e. The first kappa shape index (κ1) is 15.5. The van der Waals surface area contributed by atoms with Crippen LogP contribution in [0.2, 0.25) is 0 Å². The van der Waals surface area contributed by atoms with Crippen molar-refractivity contribution in [3.05, 3.63) is 54.1 Å². The first-order valence-corrected chi connectivity index (χ1v) is 7.32. The zero-order chi connectivity index (χ0) is 17.1. The highest BCUT2D eigenvalue weighted by Crippen LogP contribution is 2.19. The Morgan fingerprint density at radius 1 is 1.08 bits per heavy atom. The van der Waals surface area contributed by atoms with Gasteiger partial charge < -0.3 is 21.1 Å². The molecular formula is C17H15N3O4. The second kappa shape index (κ2) is 6.41. The number of benzene rings is 2. The number of hydrogen-bond donors (Lipinski definition) is 4. The van der Waals surface area contributed by atoms with Crippen molar-refractivity contribution < 1.29 is 19.5 Å². The van der Waals surface area contributed by atoms with Crippen LogP contribution in [0.15, 0.2) is 48.5 Å². The van der Waals surface area contributed by atoms with E-state index >= 15 is 0 Å².